The fraction of sp³-hybridized carbons (Fsp3) is 0.571. The van der Waals surface area contributed by atoms with Crippen LogP contribution < -0.4 is 0 Å². The van der Waals surface area contributed by atoms with E-state index in [9.17, 15) is 0 Å². The van der Waals surface area contributed by atoms with Crippen LogP contribution in [0.1, 0.15) is 26.7 Å². The molecular formula is C7H13. The molecule has 0 aromatic rings. The minimum atomic E-state index is 1.08. The highest BCUT2D eigenvalue weighted by Gasteiger charge is 1.81. The van der Waals surface area contributed by atoms with Crippen LogP contribution in [0.4, 0.5) is 0 Å². The molecule has 0 aliphatic carbocycles. The molecule has 0 N–H and O–H groups in total. The summed E-state index contributed by atoms with van der Waals surface area (Å²) in [5.74, 6) is 0. The molecule has 0 heterocycles. The van der Waals surface area contributed by atoms with Crippen molar-refractivity contribution in [3.63, 3.8) is 0 Å². The highest BCUT2D eigenvalue weighted by Crippen LogP contribution is 2.00. The molecule has 0 bridgehead atoms. The summed E-state index contributed by atoms with van der Waals surface area (Å²) < 4.78 is 0. The normalized spacial score (nSPS) is 8.86. The molecular weight excluding hydrogens is 84.1 g/mol. The van der Waals surface area contributed by atoms with Crippen molar-refractivity contribution in [2.45, 2.75) is 26.7 Å². The first-order chi connectivity index (χ1) is 3.27. The molecule has 41 valence electrons. The van der Waals surface area contributed by atoms with Crippen molar-refractivity contribution < 1.29 is 0 Å². The summed E-state index contributed by atoms with van der Waals surface area (Å²) in [5.41, 5.74) is 1.25. The number of unbranched alkanes of at least 4 members (excludes halogenated alkanes) is 1. The zero-order valence-corrected chi connectivity index (χ0v) is 5.20. The first-order valence-corrected chi connectivity index (χ1v) is 2.73. The summed E-state index contributed by atoms with van der Waals surface area (Å²) in [6.45, 7) is 7.95. The fourth-order valence-electron chi connectivity index (χ4n) is 0.391. The first-order valence-electron chi connectivity index (χ1n) is 2.73. The maximum Gasteiger partial charge on any atom is -0.0295 e. The Morgan fingerprint density at radius 3 is 2.43 bits per heavy atom. The van der Waals surface area contributed by atoms with E-state index in [4.69, 9.17) is 0 Å². The molecule has 0 saturated carbocycles. The lowest BCUT2D eigenvalue weighted by Gasteiger charge is -1.91. The third-order valence-corrected chi connectivity index (χ3v) is 0.781. The van der Waals surface area contributed by atoms with Gasteiger partial charge in [-0.2, -0.15) is 0 Å². The van der Waals surface area contributed by atoms with Crippen molar-refractivity contribution in [2.75, 3.05) is 0 Å². The zero-order valence-electron chi connectivity index (χ0n) is 5.20. The van der Waals surface area contributed by atoms with Gasteiger partial charge in [-0.15, -0.1) is 6.58 Å². The fourth-order valence-corrected chi connectivity index (χ4v) is 0.391. The van der Waals surface area contributed by atoms with Crippen molar-refractivity contribution in [1.82, 2.24) is 0 Å². The van der Waals surface area contributed by atoms with E-state index in [0.717, 1.165) is 12.8 Å². The second-order valence-electron chi connectivity index (χ2n) is 1.86. The van der Waals surface area contributed by atoms with E-state index in [0.29, 0.717) is 0 Å². The average molecular weight is 97.2 g/mol. The Hall–Kier alpha value is -0.260. The lowest BCUT2D eigenvalue weighted by Crippen LogP contribution is -1.73. The monoisotopic (exact) mass is 97.1 g/mol. The van der Waals surface area contributed by atoms with E-state index >= 15 is 0 Å². The Bertz CT molecular complexity index is 53.1. The van der Waals surface area contributed by atoms with Crippen LogP contribution in [0.25, 0.3) is 0 Å². The molecule has 0 saturated heterocycles. The van der Waals surface area contributed by atoms with Crippen molar-refractivity contribution in [1.29, 1.82) is 0 Å². The minimum Gasteiger partial charge on any atom is -0.100 e. The summed E-state index contributed by atoms with van der Waals surface area (Å²) in [6.07, 6.45) is 4.46. The van der Waals surface area contributed by atoms with Crippen LogP contribution in [0.2, 0.25) is 0 Å². The zero-order chi connectivity index (χ0) is 5.70. The van der Waals surface area contributed by atoms with Gasteiger partial charge in [-0.05, 0) is 19.8 Å². The second-order valence-corrected chi connectivity index (χ2v) is 1.86. The van der Waals surface area contributed by atoms with Gasteiger partial charge in [0.2, 0.25) is 0 Å². The minimum absolute atomic E-state index is 1.08. The van der Waals surface area contributed by atoms with Gasteiger partial charge in [-0.25, -0.2) is 0 Å². The molecule has 7 heavy (non-hydrogen) atoms. The van der Waals surface area contributed by atoms with Gasteiger partial charge in [-0.3, -0.25) is 0 Å². The topological polar surface area (TPSA) is 0 Å². The molecule has 0 amide bonds. The summed E-state index contributed by atoms with van der Waals surface area (Å²) in [4.78, 5) is 0. The van der Waals surface area contributed by atoms with Gasteiger partial charge >= 0.3 is 0 Å². The standard InChI is InChI=1S/C7H13/c1-4-5-6-7(2)3/h5H,2,4,6H2,1,3H3. The van der Waals surface area contributed by atoms with Crippen LogP contribution in [-0.4, -0.2) is 0 Å². The van der Waals surface area contributed by atoms with Crippen molar-refractivity contribution in [2.24, 2.45) is 0 Å². The van der Waals surface area contributed by atoms with E-state index in [1.807, 2.05) is 6.92 Å². The van der Waals surface area contributed by atoms with E-state index in [1.54, 1.807) is 0 Å². The Balaban J connectivity index is 2.82. The third-order valence-electron chi connectivity index (χ3n) is 0.781. The lowest BCUT2D eigenvalue weighted by atomic mass is 10.2. The first kappa shape index (κ1) is 6.74. The van der Waals surface area contributed by atoms with Crippen molar-refractivity contribution >= 4 is 0 Å². The summed E-state index contributed by atoms with van der Waals surface area (Å²) >= 11 is 0. The van der Waals surface area contributed by atoms with Crippen LogP contribution in [0, 0.1) is 6.42 Å². The van der Waals surface area contributed by atoms with Crippen LogP contribution >= 0.6 is 0 Å². The van der Waals surface area contributed by atoms with Gasteiger partial charge in [0.05, 0.1) is 0 Å². The molecule has 0 rings (SSSR count). The maximum absolute atomic E-state index is 3.76. The van der Waals surface area contributed by atoms with Crippen molar-refractivity contribution in [3.8, 4) is 0 Å². The SMILES string of the molecule is C=C(C)C[CH]CC. The molecule has 1 radical (unpaired) electrons. The molecule has 0 aliphatic heterocycles. The Morgan fingerprint density at radius 1 is 1.71 bits per heavy atom. The molecule has 0 aromatic carbocycles. The van der Waals surface area contributed by atoms with E-state index in [-0.39, 0.29) is 0 Å². The Morgan fingerprint density at radius 2 is 2.29 bits per heavy atom. The van der Waals surface area contributed by atoms with Crippen LogP contribution in [0.3, 0.4) is 0 Å². The summed E-state index contributed by atoms with van der Waals surface area (Å²) in [7, 11) is 0. The number of allylic oxidation sites excluding steroid dienone is 1. The summed E-state index contributed by atoms with van der Waals surface area (Å²) in [6, 6.07) is 0. The molecule has 0 aliphatic rings. The largest absolute Gasteiger partial charge is 0.100 e. The van der Waals surface area contributed by atoms with Crippen LogP contribution in [0.5, 0.6) is 0 Å². The number of hydrogen-bond acceptors (Lipinski definition) is 0. The van der Waals surface area contributed by atoms with Crippen LogP contribution in [-0.2, 0) is 0 Å². The quantitative estimate of drug-likeness (QED) is 0.475. The Labute approximate surface area is 46.2 Å². The van der Waals surface area contributed by atoms with E-state index in [1.165, 1.54) is 5.57 Å². The predicted molar refractivity (Wildman–Crippen MR) is 34.0 cm³/mol. The molecule has 0 atom stereocenters. The second kappa shape index (κ2) is 3.91. The smallest absolute Gasteiger partial charge is 0.0295 e. The summed E-state index contributed by atoms with van der Waals surface area (Å²) in [5, 5.41) is 0. The lowest BCUT2D eigenvalue weighted by molar-refractivity contribution is 0.987. The van der Waals surface area contributed by atoms with Gasteiger partial charge in [0.25, 0.3) is 0 Å². The predicted octanol–water partition coefficient (Wildman–Crippen LogP) is 2.57. The molecule has 0 unspecified atom stereocenters. The molecule has 0 nitrogen and oxygen atoms in total. The highest BCUT2D eigenvalue weighted by molar-refractivity contribution is 4.92. The van der Waals surface area contributed by atoms with Gasteiger partial charge in [0, 0.05) is 0 Å². The maximum atomic E-state index is 3.76. The van der Waals surface area contributed by atoms with Gasteiger partial charge in [0.1, 0.15) is 0 Å². The molecule has 0 spiro atoms. The van der Waals surface area contributed by atoms with Gasteiger partial charge < -0.3 is 0 Å². The van der Waals surface area contributed by atoms with Gasteiger partial charge in [0.15, 0.2) is 0 Å². The Kier molecular flexibility index (Phi) is 3.77. The molecule has 0 aromatic heterocycles. The van der Waals surface area contributed by atoms with E-state index in [2.05, 4.69) is 19.9 Å². The molecule has 0 fully saturated rings. The van der Waals surface area contributed by atoms with Gasteiger partial charge in [-0.1, -0.05) is 18.9 Å². The van der Waals surface area contributed by atoms with Crippen molar-refractivity contribution in [3.05, 3.63) is 18.6 Å². The van der Waals surface area contributed by atoms with E-state index < -0.39 is 0 Å². The third kappa shape index (κ3) is 5.74. The van der Waals surface area contributed by atoms with Crippen LogP contribution in [0.15, 0.2) is 12.2 Å². The molecule has 0 heteroatoms. The number of rotatable bonds is 3. The highest BCUT2D eigenvalue weighted by atomic mass is 13.9. The average Bonchev–Trinajstić information content (AvgIpc) is 1.61. The number of hydrogen-bond donors (Lipinski definition) is 0.